The van der Waals surface area contributed by atoms with Crippen molar-refractivity contribution in [3.8, 4) is 5.88 Å². The molecule has 0 unspecified atom stereocenters. The van der Waals surface area contributed by atoms with Crippen LogP contribution in [0.15, 0.2) is 35.7 Å². The molecule has 0 saturated heterocycles. The number of hydroxylamine groups is 1. The second kappa shape index (κ2) is 7.89. The van der Waals surface area contributed by atoms with Crippen LogP contribution in [-0.4, -0.2) is 43.9 Å². The molecule has 0 fully saturated rings. The molecule has 4 heterocycles. The maximum Gasteiger partial charge on any atom is 0.422 e. The fourth-order valence-corrected chi connectivity index (χ4v) is 3.04. The van der Waals surface area contributed by atoms with Crippen molar-refractivity contribution in [2.24, 2.45) is 4.99 Å². The first-order valence-electron chi connectivity index (χ1n) is 9.51. The number of aliphatic imine (C=N–C) groups is 1. The van der Waals surface area contributed by atoms with Gasteiger partial charge in [-0.1, -0.05) is 0 Å². The van der Waals surface area contributed by atoms with E-state index in [1.54, 1.807) is 39.2 Å². The van der Waals surface area contributed by atoms with Gasteiger partial charge in [0.25, 0.3) is 0 Å². The van der Waals surface area contributed by atoms with Crippen LogP contribution in [0.4, 0.5) is 23.4 Å². The van der Waals surface area contributed by atoms with E-state index >= 15 is 0 Å². The lowest BCUT2D eigenvalue weighted by Crippen LogP contribution is -2.23. The monoisotopic (exact) mass is 453 g/mol. The van der Waals surface area contributed by atoms with Crippen molar-refractivity contribution in [3.05, 3.63) is 47.7 Å². The Morgan fingerprint density at radius 1 is 1.31 bits per heavy atom. The zero-order valence-corrected chi connectivity index (χ0v) is 17.2. The number of nitrogens with one attached hydrogen (secondary N) is 2. The van der Waals surface area contributed by atoms with E-state index in [9.17, 15) is 17.6 Å². The van der Waals surface area contributed by atoms with E-state index in [4.69, 9.17) is 9.57 Å². The quantitative estimate of drug-likeness (QED) is 0.552. The van der Waals surface area contributed by atoms with Gasteiger partial charge in [-0.2, -0.15) is 18.3 Å². The van der Waals surface area contributed by atoms with Crippen molar-refractivity contribution < 1.29 is 27.1 Å². The van der Waals surface area contributed by atoms with Crippen LogP contribution in [0, 0.1) is 5.82 Å². The fourth-order valence-electron chi connectivity index (χ4n) is 3.04. The largest absolute Gasteiger partial charge is 0.468 e. The van der Waals surface area contributed by atoms with Gasteiger partial charge >= 0.3 is 6.18 Å². The van der Waals surface area contributed by atoms with Crippen molar-refractivity contribution in [2.75, 3.05) is 11.9 Å². The maximum atomic E-state index is 13.7. The standard InChI is InChI=1S/C19H19F4N7O2/c1-10(12-6-11(20)7-24-17(12)31-9-19(21,22)23)26-14-4-5-30-16(27-14)13(8-25-30)15-28-18(2,3)32-29-15/h4-8,10H,9H2,1-3H3,(H,26,27)(H,28,29)/t10-/m1/s1. The molecule has 2 N–H and O–H groups in total. The average Bonchev–Trinajstić information content (AvgIpc) is 3.28. The third-order valence-electron chi connectivity index (χ3n) is 4.45. The summed E-state index contributed by atoms with van der Waals surface area (Å²) in [5.74, 6) is -0.197. The summed E-state index contributed by atoms with van der Waals surface area (Å²) in [4.78, 5) is 18.0. The molecule has 32 heavy (non-hydrogen) atoms. The number of amidine groups is 1. The minimum Gasteiger partial charge on any atom is -0.468 e. The molecule has 4 rings (SSSR count). The summed E-state index contributed by atoms with van der Waals surface area (Å²) in [6.07, 6.45) is -0.535. The molecule has 1 aliphatic heterocycles. The second-order valence-electron chi connectivity index (χ2n) is 7.57. The van der Waals surface area contributed by atoms with Crippen LogP contribution in [0.5, 0.6) is 5.88 Å². The van der Waals surface area contributed by atoms with E-state index in [0.29, 0.717) is 22.9 Å². The number of ether oxygens (including phenoxy) is 1. The number of rotatable bonds is 6. The van der Waals surface area contributed by atoms with Crippen LogP contribution in [0.3, 0.4) is 0 Å². The highest BCUT2D eigenvalue weighted by Crippen LogP contribution is 2.28. The molecular weight excluding hydrogens is 434 g/mol. The number of hydrogen-bond donors (Lipinski definition) is 2. The van der Waals surface area contributed by atoms with Gasteiger partial charge in [-0.05, 0) is 32.9 Å². The average molecular weight is 453 g/mol. The molecule has 0 spiro atoms. The van der Waals surface area contributed by atoms with Gasteiger partial charge in [0.1, 0.15) is 11.6 Å². The third-order valence-corrected chi connectivity index (χ3v) is 4.45. The number of fused-ring (bicyclic) bond motifs is 1. The Balaban J connectivity index is 1.60. The normalized spacial score (nSPS) is 16.5. The Labute approximate surface area is 179 Å². The van der Waals surface area contributed by atoms with Gasteiger partial charge in [-0.25, -0.2) is 34.2 Å². The second-order valence-corrected chi connectivity index (χ2v) is 7.57. The van der Waals surface area contributed by atoms with Gasteiger partial charge in [0.15, 0.2) is 23.8 Å². The molecule has 3 aromatic rings. The van der Waals surface area contributed by atoms with Crippen LogP contribution >= 0.6 is 0 Å². The lowest BCUT2D eigenvalue weighted by Gasteiger charge is -2.18. The van der Waals surface area contributed by atoms with Gasteiger partial charge in [0.05, 0.1) is 24.0 Å². The first-order valence-corrected chi connectivity index (χ1v) is 9.51. The predicted octanol–water partition coefficient (Wildman–Crippen LogP) is 3.40. The molecular formula is C19H19F4N7O2. The summed E-state index contributed by atoms with van der Waals surface area (Å²) < 4.78 is 57.7. The van der Waals surface area contributed by atoms with E-state index in [1.165, 1.54) is 4.52 Å². The summed E-state index contributed by atoms with van der Waals surface area (Å²) >= 11 is 0. The third kappa shape index (κ3) is 4.72. The smallest absolute Gasteiger partial charge is 0.422 e. The minimum atomic E-state index is -4.55. The van der Waals surface area contributed by atoms with Crippen LogP contribution in [0.1, 0.15) is 37.9 Å². The molecule has 13 heteroatoms. The van der Waals surface area contributed by atoms with E-state index in [-0.39, 0.29) is 11.4 Å². The number of aromatic nitrogens is 4. The van der Waals surface area contributed by atoms with Crippen molar-refractivity contribution in [1.29, 1.82) is 0 Å². The highest BCUT2D eigenvalue weighted by Gasteiger charge is 2.30. The van der Waals surface area contributed by atoms with Gasteiger partial charge in [-0.3, -0.25) is 0 Å². The molecule has 170 valence electrons. The molecule has 1 atom stereocenters. The number of hydrogen-bond acceptors (Lipinski definition) is 8. The zero-order chi connectivity index (χ0) is 23.1. The van der Waals surface area contributed by atoms with Crippen LogP contribution in [-0.2, 0) is 4.84 Å². The lowest BCUT2D eigenvalue weighted by atomic mass is 10.1. The van der Waals surface area contributed by atoms with Crippen LogP contribution < -0.4 is 15.5 Å². The van der Waals surface area contributed by atoms with Gasteiger partial charge in [0, 0.05) is 11.8 Å². The summed E-state index contributed by atoms with van der Waals surface area (Å²) in [5.41, 5.74) is 3.16. The number of pyridine rings is 1. The first-order chi connectivity index (χ1) is 15.0. The SMILES string of the molecule is C[C@@H](Nc1ccn2ncc(C3=NC(C)(C)ON3)c2n1)c1cc(F)cnc1OCC(F)(F)F. The highest BCUT2D eigenvalue weighted by atomic mass is 19.4. The Morgan fingerprint density at radius 2 is 2.09 bits per heavy atom. The predicted molar refractivity (Wildman–Crippen MR) is 106 cm³/mol. The Kier molecular flexibility index (Phi) is 5.36. The number of anilines is 1. The Hall–Kier alpha value is -3.48. The van der Waals surface area contributed by atoms with Crippen molar-refractivity contribution in [3.63, 3.8) is 0 Å². The molecule has 0 saturated carbocycles. The Morgan fingerprint density at radius 3 is 2.78 bits per heavy atom. The van der Waals surface area contributed by atoms with Gasteiger partial charge in [0.2, 0.25) is 5.88 Å². The minimum absolute atomic E-state index is 0.113. The van der Waals surface area contributed by atoms with Gasteiger partial charge < -0.3 is 10.1 Å². The highest BCUT2D eigenvalue weighted by molar-refractivity contribution is 6.03. The van der Waals surface area contributed by atoms with Gasteiger partial charge in [-0.15, -0.1) is 0 Å². The lowest BCUT2D eigenvalue weighted by molar-refractivity contribution is -0.154. The van der Waals surface area contributed by atoms with E-state index in [1.807, 2.05) is 0 Å². The topological polar surface area (TPSA) is 98.0 Å². The number of alkyl halides is 3. The molecule has 1 aliphatic rings. The van der Waals surface area contributed by atoms with Crippen molar-refractivity contribution in [1.82, 2.24) is 25.1 Å². The molecule has 0 radical (unpaired) electrons. The fraction of sp³-hybridized carbons (Fsp3) is 0.368. The van der Waals surface area contributed by atoms with Crippen LogP contribution in [0.2, 0.25) is 0 Å². The van der Waals surface area contributed by atoms with Crippen LogP contribution in [0.25, 0.3) is 5.65 Å². The molecule has 0 amide bonds. The summed E-state index contributed by atoms with van der Waals surface area (Å²) in [5, 5.41) is 7.25. The number of halogens is 4. The molecule has 3 aromatic heterocycles. The summed E-state index contributed by atoms with van der Waals surface area (Å²) in [6.45, 7) is 3.65. The molecule has 0 bridgehead atoms. The molecule has 0 aliphatic carbocycles. The Bertz CT molecular complexity index is 1180. The van der Waals surface area contributed by atoms with E-state index < -0.39 is 30.4 Å². The van der Waals surface area contributed by atoms with E-state index in [2.05, 4.69) is 30.9 Å². The zero-order valence-electron chi connectivity index (χ0n) is 17.2. The number of nitrogens with zero attached hydrogens (tertiary/aromatic N) is 5. The summed E-state index contributed by atoms with van der Waals surface area (Å²) in [6, 6.07) is 2.01. The summed E-state index contributed by atoms with van der Waals surface area (Å²) in [7, 11) is 0. The first kappa shape index (κ1) is 21.7. The molecule has 9 nitrogen and oxygen atoms in total. The molecule has 0 aromatic carbocycles. The maximum absolute atomic E-state index is 13.7. The van der Waals surface area contributed by atoms with Crippen molar-refractivity contribution in [2.45, 2.75) is 38.7 Å². The van der Waals surface area contributed by atoms with E-state index in [0.717, 1.165) is 12.3 Å². The van der Waals surface area contributed by atoms with Crippen molar-refractivity contribution >= 4 is 17.3 Å².